The third-order valence-corrected chi connectivity index (χ3v) is 4.82. The standard InChI is InChI=1S/C19H27N7O/c1-14(16-21-18(20)23-19(22-16)24(2)3)25-10-7-11-26(13-12-25)17(27)15-8-5-4-6-9-15/h4-6,8-9,14H,7,10-13H2,1-3H3,(H2,20,21,22,23). The van der Waals surface area contributed by atoms with Crippen LogP contribution in [0.1, 0.15) is 35.6 Å². The van der Waals surface area contributed by atoms with E-state index in [-0.39, 0.29) is 17.9 Å². The van der Waals surface area contributed by atoms with Crippen molar-refractivity contribution in [3.8, 4) is 0 Å². The highest BCUT2D eigenvalue weighted by Crippen LogP contribution is 2.21. The molecule has 144 valence electrons. The molecule has 2 aromatic rings. The number of amides is 1. The second kappa shape index (κ2) is 8.30. The molecule has 27 heavy (non-hydrogen) atoms. The van der Waals surface area contributed by atoms with Gasteiger partial charge in [-0.2, -0.15) is 15.0 Å². The molecule has 1 aliphatic rings. The Hall–Kier alpha value is -2.74. The molecule has 0 spiro atoms. The van der Waals surface area contributed by atoms with Crippen molar-refractivity contribution in [3.05, 3.63) is 41.7 Å². The van der Waals surface area contributed by atoms with Crippen molar-refractivity contribution in [2.75, 3.05) is 50.9 Å². The molecule has 0 radical (unpaired) electrons. The van der Waals surface area contributed by atoms with Gasteiger partial charge >= 0.3 is 0 Å². The molecule has 1 aliphatic heterocycles. The largest absolute Gasteiger partial charge is 0.368 e. The maximum Gasteiger partial charge on any atom is 0.253 e. The number of aromatic nitrogens is 3. The van der Waals surface area contributed by atoms with Crippen LogP contribution in [-0.4, -0.2) is 70.9 Å². The topological polar surface area (TPSA) is 91.5 Å². The predicted molar refractivity (Wildman–Crippen MR) is 106 cm³/mol. The van der Waals surface area contributed by atoms with Crippen LogP contribution < -0.4 is 10.6 Å². The van der Waals surface area contributed by atoms with Gasteiger partial charge in [0.15, 0.2) is 5.82 Å². The van der Waals surface area contributed by atoms with Gasteiger partial charge in [0, 0.05) is 45.8 Å². The highest BCUT2D eigenvalue weighted by atomic mass is 16.2. The van der Waals surface area contributed by atoms with Crippen molar-refractivity contribution < 1.29 is 4.79 Å². The number of benzene rings is 1. The van der Waals surface area contributed by atoms with E-state index in [9.17, 15) is 4.79 Å². The molecule has 2 heterocycles. The highest BCUT2D eigenvalue weighted by molar-refractivity contribution is 5.94. The lowest BCUT2D eigenvalue weighted by atomic mass is 10.2. The maximum atomic E-state index is 12.7. The fourth-order valence-corrected chi connectivity index (χ4v) is 3.24. The molecule has 3 rings (SSSR count). The van der Waals surface area contributed by atoms with E-state index in [2.05, 4.69) is 26.8 Å². The zero-order chi connectivity index (χ0) is 19.4. The van der Waals surface area contributed by atoms with E-state index < -0.39 is 0 Å². The lowest BCUT2D eigenvalue weighted by Crippen LogP contribution is -2.36. The Kier molecular flexibility index (Phi) is 5.85. The number of nitrogens with two attached hydrogens (primary N) is 1. The third kappa shape index (κ3) is 4.51. The zero-order valence-corrected chi connectivity index (χ0v) is 16.2. The monoisotopic (exact) mass is 369 g/mol. The average Bonchev–Trinajstić information content (AvgIpc) is 2.93. The molecule has 0 aliphatic carbocycles. The number of hydrogen-bond acceptors (Lipinski definition) is 7. The highest BCUT2D eigenvalue weighted by Gasteiger charge is 2.25. The SMILES string of the molecule is CC(c1nc(N)nc(N(C)C)n1)N1CCCN(C(=O)c2ccccc2)CC1. The molecule has 1 aromatic carbocycles. The van der Waals surface area contributed by atoms with Crippen LogP contribution in [0.15, 0.2) is 30.3 Å². The summed E-state index contributed by atoms with van der Waals surface area (Å²) in [6, 6.07) is 9.44. The molecule has 1 aromatic heterocycles. The van der Waals surface area contributed by atoms with E-state index in [1.165, 1.54) is 0 Å². The quantitative estimate of drug-likeness (QED) is 0.871. The fraction of sp³-hybridized carbons (Fsp3) is 0.474. The van der Waals surface area contributed by atoms with E-state index in [1.54, 1.807) is 0 Å². The normalized spacial score (nSPS) is 16.6. The van der Waals surface area contributed by atoms with Gasteiger partial charge in [-0.1, -0.05) is 18.2 Å². The molecule has 1 amide bonds. The Labute approximate surface area is 160 Å². The lowest BCUT2D eigenvalue weighted by Gasteiger charge is -2.27. The third-order valence-electron chi connectivity index (χ3n) is 4.82. The van der Waals surface area contributed by atoms with E-state index in [4.69, 9.17) is 5.73 Å². The van der Waals surface area contributed by atoms with Crippen molar-refractivity contribution in [1.82, 2.24) is 24.8 Å². The summed E-state index contributed by atoms with van der Waals surface area (Å²) in [7, 11) is 3.75. The molecular formula is C19H27N7O. The first-order valence-corrected chi connectivity index (χ1v) is 9.23. The average molecular weight is 369 g/mol. The minimum absolute atomic E-state index is 0.000720. The van der Waals surface area contributed by atoms with Crippen molar-refractivity contribution in [2.45, 2.75) is 19.4 Å². The Morgan fingerprint density at radius 3 is 2.52 bits per heavy atom. The van der Waals surface area contributed by atoms with Crippen LogP contribution in [-0.2, 0) is 0 Å². The summed E-state index contributed by atoms with van der Waals surface area (Å²) in [6.07, 6.45) is 0.907. The van der Waals surface area contributed by atoms with Crippen LogP contribution in [0.25, 0.3) is 0 Å². The zero-order valence-electron chi connectivity index (χ0n) is 16.2. The Bertz CT molecular complexity index is 781. The number of rotatable bonds is 4. The summed E-state index contributed by atoms with van der Waals surface area (Å²) in [4.78, 5) is 31.8. The number of nitrogen functional groups attached to an aromatic ring is 1. The molecule has 0 bridgehead atoms. The number of carbonyl (C=O) groups excluding carboxylic acids is 1. The van der Waals surface area contributed by atoms with Gasteiger partial charge in [0.25, 0.3) is 5.91 Å². The van der Waals surface area contributed by atoms with Crippen molar-refractivity contribution in [2.24, 2.45) is 0 Å². The smallest absolute Gasteiger partial charge is 0.253 e. The van der Waals surface area contributed by atoms with Gasteiger partial charge in [-0.05, 0) is 25.5 Å². The second-order valence-electron chi connectivity index (χ2n) is 6.97. The molecule has 1 saturated heterocycles. The van der Waals surface area contributed by atoms with Gasteiger partial charge < -0.3 is 15.5 Å². The number of carbonyl (C=O) groups is 1. The van der Waals surface area contributed by atoms with Gasteiger partial charge in [-0.3, -0.25) is 9.69 Å². The first-order valence-electron chi connectivity index (χ1n) is 9.23. The lowest BCUT2D eigenvalue weighted by molar-refractivity contribution is 0.0758. The molecule has 2 N–H and O–H groups in total. The van der Waals surface area contributed by atoms with Crippen LogP contribution in [0.5, 0.6) is 0 Å². The summed E-state index contributed by atoms with van der Waals surface area (Å²) in [6.45, 7) is 5.15. The summed E-state index contributed by atoms with van der Waals surface area (Å²) in [5, 5.41) is 0. The van der Waals surface area contributed by atoms with Crippen LogP contribution in [0.2, 0.25) is 0 Å². The number of nitrogens with zero attached hydrogens (tertiary/aromatic N) is 6. The van der Waals surface area contributed by atoms with Crippen molar-refractivity contribution in [3.63, 3.8) is 0 Å². The van der Waals surface area contributed by atoms with E-state index in [1.807, 2.05) is 54.2 Å². The molecule has 8 nitrogen and oxygen atoms in total. The van der Waals surface area contributed by atoms with Gasteiger partial charge in [-0.25, -0.2) is 0 Å². The van der Waals surface area contributed by atoms with Crippen molar-refractivity contribution >= 4 is 17.8 Å². The van der Waals surface area contributed by atoms with Crippen molar-refractivity contribution in [1.29, 1.82) is 0 Å². The van der Waals surface area contributed by atoms with Gasteiger partial charge in [0.1, 0.15) is 0 Å². The van der Waals surface area contributed by atoms with E-state index in [0.29, 0.717) is 18.3 Å². The van der Waals surface area contributed by atoms with Crippen LogP contribution in [0.3, 0.4) is 0 Å². The predicted octanol–water partition coefficient (Wildman–Crippen LogP) is 1.43. The molecule has 1 unspecified atom stereocenters. The second-order valence-corrected chi connectivity index (χ2v) is 6.97. The summed E-state index contributed by atoms with van der Waals surface area (Å²) in [5.41, 5.74) is 6.60. The van der Waals surface area contributed by atoms with Gasteiger partial charge in [0.2, 0.25) is 11.9 Å². The minimum atomic E-state index is 0.000720. The molecule has 1 atom stereocenters. The van der Waals surface area contributed by atoms with Crippen LogP contribution >= 0.6 is 0 Å². The van der Waals surface area contributed by atoms with E-state index in [0.717, 1.165) is 31.6 Å². The maximum absolute atomic E-state index is 12.7. The summed E-state index contributed by atoms with van der Waals surface area (Å²) in [5.74, 6) is 1.53. The molecule has 1 fully saturated rings. The molecule has 0 saturated carbocycles. The Morgan fingerprint density at radius 2 is 1.81 bits per heavy atom. The van der Waals surface area contributed by atoms with Crippen LogP contribution in [0.4, 0.5) is 11.9 Å². The van der Waals surface area contributed by atoms with Gasteiger partial charge in [0.05, 0.1) is 6.04 Å². The minimum Gasteiger partial charge on any atom is -0.368 e. The summed E-state index contributed by atoms with van der Waals surface area (Å²) >= 11 is 0. The Morgan fingerprint density at radius 1 is 1.07 bits per heavy atom. The number of hydrogen-bond donors (Lipinski definition) is 1. The fourth-order valence-electron chi connectivity index (χ4n) is 3.24. The van der Waals surface area contributed by atoms with Crippen LogP contribution in [0, 0.1) is 0 Å². The van der Waals surface area contributed by atoms with Gasteiger partial charge in [-0.15, -0.1) is 0 Å². The molecule has 8 heteroatoms. The van der Waals surface area contributed by atoms with E-state index >= 15 is 0 Å². The first-order chi connectivity index (χ1) is 13.0. The summed E-state index contributed by atoms with van der Waals surface area (Å²) < 4.78 is 0. The molecular weight excluding hydrogens is 342 g/mol. The number of anilines is 2. The Balaban J connectivity index is 1.70. The first kappa shape index (κ1) is 19.0.